The van der Waals surface area contributed by atoms with E-state index in [2.05, 4.69) is 87.9 Å². The minimum atomic E-state index is -1.36. The number of allylic oxidation sites excluding steroid dienone is 1. The molecule has 120 valence electrons. The molecule has 0 aliphatic rings. The number of hydrogen-bond acceptors (Lipinski definition) is 1. The van der Waals surface area contributed by atoms with Crippen LogP contribution in [0, 0.1) is 11.5 Å². The summed E-state index contributed by atoms with van der Waals surface area (Å²) in [4.78, 5) is 2.29. The Morgan fingerprint density at radius 2 is 1.77 bits per heavy atom. The first-order valence-corrected chi connectivity index (χ1v) is 11.7. The van der Waals surface area contributed by atoms with Crippen LogP contribution in [-0.4, -0.2) is 32.6 Å². The second-order valence-corrected chi connectivity index (χ2v) is 12.0. The maximum atomic E-state index is 4.27. The first kappa shape index (κ1) is 18.7. The Kier molecular flexibility index (Phi) is 6.65. The molecular weight excluding hydrogens is 282 g/mol. The lowest BCUT2D eigenvalue weighted by atomic mass is 9.87. The van der Waals surface area contributed by atoms with Crippen molar-refractivity contribution in [3.05, 3.63) is 42.5 Å². The molecule has 0 spiro atoms. The molecular formula is C20H31NSi. The smallest absolute Gasteiger partial charge is 0.129 e. The first-order chi connectivity index (χ1) is 10.2. The number of nitrogens with zero attached hydrogens (tertiary/aromatic N) is 1. The van der Waals surface area contributed by atoms with Crippen molar-refractivity contribution in [3.8, 4) is 11.5 Å². The second kappa shape index (κ2) is 7.81. The van der Waals surface area contributed by atoms with Crippen molar-refractivity contribution in [2.45, 2.75) is 51.4 Å². The van der Waals surface area contributed by atoms with E-state index in [0.29, 0.717) is 0 Å². The average molecular weight is 314 g/mol. The van der Waals surface area contributed by atoms with E-state index in [1.807, 2.05) is 6.07 Å². The zero-order valence-corrected chi connectivity index (χ0v) is 16.2. The molecule has 2 heteroatoms. The molecule has 1 nitrogen and oxygen atoms in total. The molecule has 0 heterocycles. The maximum absolute atomic E-state index is 4.27. The zero-order valence-electron chi connectivity index (χ0n) is 15.2. The highest BCUT2D eigenvalue weighted by atomic mass is 28.3. The highest BCUT2D eigenvalue weighted by molar-refractivity contribution is 6.83. The molecule has 1 unspecified atom stereocenters. The minimum absolute atomic E-state index is 0.0437. The average Bonchev–Trinajstić information content (AvgIpc) is 2.47. The summed E-state index contributed by atoms with van der Waals surface area (Å²) in [5.74, 6) is 3.63. The summed E-state index contributed by atoms with van der Waals surface area (Å²) >= 11 is 0. The SMILES string of the molecule is C=C(CCC(C#C[Si](C)(C)C)(CC)N(C)C)c1ccccc1. The molecule has 0 N–H and O–H groups in total. The zero-order chi connectivity index (χ0) is 16.8. The third-order valence-electron chi connectivity index (χ3n) is 4.13. The van der Waals surface area contributed by atoms with E-state index in [4.69, 9.17) is 0 Å². The highest BCUT2D eigenvalue weighted by Gasteiger charge is 2.28. The molecule has 0 fully saturated rings. The second-order valence-electron chi connectivity index (χ2n) is 7.25. The van der Waals surface area contributed by atoms with Gasteiger partial charge in [0, 0.05) is 0 Å². The molecule has 1 atom stereocenters. The lowest BCUT2D eigenvalue weighted by molar-refractivity contribution is 0.200. The van der Waals surface area contributed by atoms with Gasteiger partial charge in [0.15, 0.2) is 0 Å². The van der Waals surface area contributed by atoms with Gasteiger partial charge in [-0.2, -0.15) is 0 Å². The summed E-state index contributed by atoms with van der Waals surface area (Å²) in [7, 11) is 2.93. The minimum Gasteiger partial charge on any atom is -0.293 e. The fourth-order valence-corrected chi connectivity index (χ4v) is 3.07. The first-order valence-electron chi connectivity index (χ1n) is 8.15. The van der Waals surface area contributed by atoms with Crippen LogP contribution in [0.1, 0.15) is 31.7 Å². The maximum Gasteiger partial charge on any atom is 0.129 e. The van der Waals surface area contributed by atoms with Crippen molar-refractivity contribution in [2.75, 3.05) is 14.1 Å². The van der Waals surface area contributed by atoms with Gasteiger partial charge in [0.25, 0.3) is 0 Å². The van der Waals surface area contributed by atoms with Crippen molar-refractivity contribution >= 4 is 13.6 Å². The van der Waals surface area contributed by atoms with Crippen molar-refractivity contribution in [1.29, 1.82) is 0 Å². The van der Waals surface area contributed by atoms with Crippen LogP contribution in [0.25, 0.3) is 5.57 Å². The lowest BCUT2D eigenvalue weighted by Crippen LogP contribution is -2.43. The van der Waals surface area contributed by atoms with Crippen LogP contribution < -0.4 is 0 Å². The molecule has 1 aromatic carbocycles. The van der Waals surface area contributed by atoms with Crippen LogP contribution in [0.2, 0.25) is 19.6 Å². The van der Waals surface area contributed by atoms with E-state index in [1.165, 1.54) is 11.1 Å². The van der Waals surface area contributed by atoms with Gasteiger partial charge < -0.3 is 0 Å². The van der Waals surface area contributed by atoms with Gasteiger partial charge in [-0.25, -0.2) is 0 Å². The molecule has 0 aliphatic heterocycles. The largest absolute Gasteiger partial charge is 0.293 e. The van der Waals surface area contributed by atoms with E-state index in [-0.39, 0.29) is 5.54 Å². The summed E-state index contributed by atoms with van der Waals surface area (Å²) in [6.07, 6.45) is 3.05. The number of hydrogen-bond donors (Lipinski definition) is 0. The normalized spacial score (nSPS) is 14.1. The Balaban J connectivity index is 2.90. The lowest BCUT2D eigenvalue weighted by Gasteiger charge is -2.35. The van der Waals surface area contributed by atoms with Crippen LogP contribution >= 0.6 is 0 Å². The van der Waals surface area contributed by atoms with E-state index >= 15 is 0 Å². The Bertz CT molecular complexity index is 543. The van der Waals surface area contributed by atoms with E-state index in [0.717, 1.165) is 19.3 Å². The van der Waals surface area contributed by atoms with E-state index in [9.17, 15) is 0 Å². The van der Waals surface area contributed by atoms with Crippen LogP contribution in [-0.2, 0) is 0 Å². The van der Waals surface area contributed by atoms with Gasteiger partial charge >= 0.3 is 0 Å². The molecule has 0 aromatic heterocycles. The summed E-state index contributed by atoms with van der Waals surface area (Å²) in [5.41, 5.74) is 5.98. The molecule has 1 rings (SSSR count). The summed E-state index contributed by atoms with van der Waals surface area (Å²) < 4.78 is 0. The Hall–Kier alpha value is -1.30. The molecule has 0 saturated carbocycles. The Labute approximate surface area is 138 Å². The van der Waals surface area contributed by atoms with Crippen LogP contribution in [0.4, 0.5) is 0 Å². The van der Waals surface area contributed by atoms with Crippen LogP contribution in [0.3, 0.4) is 0 Å². The molecule has 22 heavy (non-hydrogen) atoms. The molecule has 0 radical (unpaired) electrons. The van der Waals surface area contributed by atoms with E-state index < -0.39 is 8.07 Å². The topological polar surface area (TPSA) is 3.24 Å². The summed E-state index contributed by atoms with van der Waals surface area (Å²) in [5, 5.41) is 0. The standard InChI is InChI=1S/C20H31NSi/c1-8-20(21(3)4,16-17-22(5,6)7)15-14-18(2)19-12-10-9-11-13-19/h9-13H,2,8,14-15H2,1,3-7H3. The third kappa shape index (κ3) is 5.48. The van der Waals surface area contributed by atoms with Gasteiger partial charge in [-0.05, 0) is 44.5 Å². The Morgan fingerprint density at radius 3 is 2.23 bits per heavy atom. The number of benzene rings is 1. The summed E-state index contributed by atoms with van der Waals surface area (Å²) in [6, 6.07) is 10.5. The van der Waals surface area contributed by atoms with Crippen LogP contribution in [0.5, 0.6) is 0 Å². The molecule has 1 aromatic rings. The fraction of sp³-hybridized carbons (Fsp3) is 0.500. The molecule has 0 amide bonds. The predicted molar refractivity (Wildman–Crippen MR) is 103 cm³/mol. The fourth-order valence-electron chi connectivity index (χ4n) is 2.46. The quantitative estimate of drug-likeness (QED) is 0.523. The van der Waals surface area contributed by atoms with Crippen molar-refractivity contribution in [3.63, 3.8) is 0 Å². The predicted octanol–water partition coefficient (Wildman–Crippen LogP) is 5.07. The summed E-state index contributed by atoms with van der Waals surface area (Å²) in [6.45, 7) is 13.4. The van der Waals surface area contributed by atoms with Gasteiger partial charge in [-0.1, -0.05) is 69.4 Å². The van der Waals surface area contributed by atoms with Gasteiger partial charge in [0.2, 0.25) is 0 Å². The van der Waals surface area contributed by atoms with E-state index in [1.54, 1.807) is 0 Å². The molecule has 0 saturated heterocycles. The van der Waals surface area contributed by atoms with Crippen LogP contribution in [0.15, 0.2) is 36.9 Å². The monoisotopic (exact) mass is 313 g/mol. The van der Waals surface area contributed by atoms with Gasteiger partial charge in [0.1, 0.15) is 8.07 Å². The molecule has 0 bridgehead atoms. The highest BCUT2D eigenvalue weighted by Crippen LogP contribution is 2.28. The van der Waals surface area contributed by atoms with Crippen molar-refractivity contribution in [1.82, 2.24) is 4.90 Å². The van der Waals surface area contributed by atoms with Gasteiger partial charge in [-0.3, -0.25) is 4.90 Å². The number of rotatable bonds is 6. The molecule has 0 aliphatic carbocycles. The van der Waals surface area contributed by atoms with Gasteiger partial charge in [0.05, 0.1) is 5.54 Å². The Morgan fingerprint density at radius 1 is 1.18 bits per heavy atom. The van der Waals surface area contributed by atoms with Crippen molar-refractivity contribution < 1.29 is 0 Å². The van der Waals surface area contributed by atoms with Gasteiger partial charge in [-0.15, -0.1) is 5.54 Å². The third-order valence-corrected chi connectivity index (χ3v) is 5.01. The van der Waals surface area contributed by atoms with Crippen molar-refractivity contribution in [2.24, 2.45) is 0 Å².